The Labute approximate surface area is 119 Å². The fraction of sp³-hybridized carbons (Fsp3) is 0.611. The third-order valence-electron chi connectivity index (χ3n) is 3.27. The maximum Gasteiger partial charge on any atom is 0.135 e. The van der Waals surface area contributed by atoms with Crippen molar-refractivity contribution in [1.82, 2.24) is 0 Å². The molecule has 1 heteroatoms. The quantitative estimate of drug-likeness (QED) is 0.639. The Kier molecular flexibility index (Phi) is 5.06. The topological polar surface area (TPSA) is 9.23 Å². The predicted octanol–water partition coefficient (Wildman–Crippen LogP) is 5.62. The molecule has 19 heavy (non-hydrogen) atoms. The normalized spacial score (nSPS) is 12.6. The fourth-order valence-corrected chi connectivity index (χ4v) is 1.95. The smallest absolute Gasteiger partial charge is 0.135 e. The first kappa shape index (κ1) is 16.1. The van der Waals surface area contributed by atoms with E-state index in [0.29, 0.717) is 0 Å². The number of ether oxygens (including phenoxy) is 1. The van der Waals surface area contributed by atoms with Crippen LogP contribution in [0.15, 0.2) is 18.2 Å². The summed E-state index contributed by atoms with van der Waals surface area (Å²) in [7, 11) is 0. The first-order chi connectivity index (χ1) is 8.66. The van der Waals surface area contributed by atoms with E-state index in [9.17, 15) is 0 Å². The van der Waals surface area contributed by atoms with Crippen LogP contribution in [0.2, 0.25) is 0 Å². The minimum absolute atomic E-state index is 0.0939. The van der Waals surface area contributed by atoms with Crippen molar-refractivity contribution in [3.63, 3.8) is 0 Å². The molecule has 1 rings (SSSR count). The monoisotopic (exact) mass is 261 g/mol. The van der Waals surface area contributed by atoms with Crippen LogP contribution in [0.3, 0.4) is 0 Å². The van der Waals surface area contributed by atoms with Gasteiger partial charge in [-0.1, -0.05) is 67.0 Å². The zero-order chi connectivity index (χ0) is 14.7. The standard InChI is InChI=1S/C18H29O/c1-8-9-12-19-16-11-10-14(17(2,3)4)13-15(16)18(5,6)7/h10-13H,8-9H2,1-7H3. The summed E-state index contributed by atoms with van der Waals surface area (Å²) in [5.41, 5.74) is 2.91. The molecule has 0 aliphatic rings. The summed E-state index contributed by atoms with van der Waals surface area (Å²) in [6.45, 7) is 17.5. The SMILES string of the molecule is CCC[CH]Oc1ccc(C(C)(C)C)cc1C(C)(C)C. The highest BCUT2D eigenvalue weighted by molar-refractivity contribution is 5.43. The molecule has 1 radical (unpaired) electrons. The number of hydrogen-bond donors (Lipinski definition) is 0. The molecule has 0 aromatic heterocycles. The Bertz CT molecular complexity index is 405. The maximum absolute atomic E-state index is 5.85. The minimum atomic E-state index is 0.0939. The molecule has 1 nitrogen and oxygen atoms in total. The molecule has 0 saturated carbocycles. The van der Waals surface area contributed by atoms with Gasteiger partial charge in [0.2, 0.25) is 0 Å². The van der Waals surface area contributed by atoms with E-state index in [1.165, 1.54) is 11.1 Å². The van der Waals surface area contributed by atoms with Gasteiger partial charge in [0.25, 0.3) is 0 Å². The van der Waals surface area contributed by atoms with Gasteiger partial charge in [-0.3, -0.25) is 0 Å². The molecule has 1 aromatic rings. The van der Waals surface area contributed by atoms with E-state index in [0.717, 1.165) is 18.6 Å². The highest BCUT2D eigenvalue weighted by Gasteiger charge is 2.22. The molecule has 1 aromatic carbocycles. The average molecular weight is 261 g/mol. The van der Waals surface area contributed by atoms with Gasteiger partial charge >= 0.3 is 0 Å². The molecule has 0 unspecified atom stereocenters. The van der Waals surface area contributed by atoms with Crippen LogP contribution < -0.4 is 4.74 Å². The van der Waals surface area contributed by atoms with Crippen molar-refractivity contribution in [2.45, 2.75) is 72.1 Å². The van der Waals surface area contributed by atoms with Crippen LogP contribution in [-0.2, 0) is 10.8 Å². The number of benzene rings is 1. The van der Waals surface area contributed by atoms with E-state index in [2.05, 4.69) is 66.7 Å². The van der Waals surface area contributed by atoms with Gasteiger partial charge in [-0.2, -0.15) is 0 Å². The number of unbranched alkanes of at least 4 members (excludes halogenated alkanes) is 1. The van der Waals surface area contributed by atoms with Crippen LogP contribution in [0.25, 0.3) is 0 Å². The Morgan fingerprint density at radius 3 is 2.11 bits per heavy atom. The highest BCUT2D eigenvalue weighted by atomic mass is 16.5. The Balaban J connectivity index is 3.11. The second-order valence-electron chi connectivity index (χ2n) is 7.28. The largest absolute Gasteiger partial charge is 0.486 e. The second kappa shape index (κ2) is 5.98. The zero-order valence-corrected chi connectivity index (χ0v) is 13.6. The van der Waals surface area contributed by atoms with E-state index in [1.54, 1.807) is 0 Å². The minimum Gasteiger partial charge on any atom is -0.486 e. The Morgan fingerprint density at radius 1 is 1.00 bits per heavy atom. The summed E-state index contributed by atoms with van der Waals surface area (Å²) in [6.07, 6.45) is 2.11. The summed E-state index contributed by atoms with van der Waals surface area (Å²) in [6, 6.07) is 6.60. The van der Waals surface area contributed by atoms with Gasteiger partial charge in [0.05, 0.1) is 0 Å². The second-order valence-corrected chi connectivity index (χ2v) is 7.28. The van der Waals surface area contributed by atoms with Crippen molar-refractivity contribution in [2.75, 3.05) is 0 Å². The fourth-order valence-electron chi connectivity index (χ4n) is 1.95. The van der Waals surface area contributed by atoms with Gasteiger partial charge in [-0.15, -0.1) is 0 Å². The maximum atomic E-state index is 5.85. The van der Waals surface area contributed by atoms with Gasteiger partial charge < -0.3 is 4.74 Å². The van der Waals surface area contributed by atoms with E-state index in [-0.39, 0.29) is 10.8 Å². The van der Waals surface area contributed by atoms with Gasteiger partial charge in [-0.25, -0.2) is 0 Å². The molecule has 0 amide bonds. The Hall–Kier alpha value is -0.980. The molecule has 0 atom stereocenters. The average Bonchev–Trinajstić information content (AvgIpc) is 2.27. The van der Waals surface area contributed by atoms with E-state index < -0.39 is 0 Å². The van der Waals surface area contributed by atoms with E-state index in [1.807, 2.05) is 6.61 Å². The summed E-state index contributed by atoms with van der Waals surface area (Å²) < 4.78 is 5.85. The number of rotatable bonds is 4. The molecule has 0 bridgehead atoms. The van der Waals surface area contributed by atoms with Crippen LogP contribution in [0.4, 0.5) is 0 Å². The molecule has 0 fully saturated rings. The van der Waals surface area contributed by atoms with Crippen molar-refractivity contribution in [3.8, 4) is 5.75 Å². The molecule has 0 spiro atoms. The molecule has 0 N–H and O–H groups in total. The Morgan fingerprint density at radius 2 is 1.63 bits per heavy atom. The first-order valence-corrected chi connectivity index (χ1v) is 7.29. The highest BCUT2D eigenvalue weighted by Crippen LogP contribution is 2.35. The van der Waals surface area contributed by atoms with Crippen LogP contribution in [-0.4, -0.2) is 0 Å². The molecule has 0 saturated heterocycles. The lowest BCUT2D eigenvalue weighted by Crippen LogP contribution is -2.17. The molecular formula is C18H29O. The summed E-state index contributed by atoms with van der Waals surface area (Å²) >= 11 is 0. The predicted molar refractivity (Wildman–Crippen MR) is 83.7 cm³/mol. The zero-order valence-electron chi connectivity index (χ0n) is 13.6. The van der Waals surface area contributed by atoms with Crippen molar-refractivity contribution in [1.29, 1.82) is 0 Å². The van der Waals surface area contributed by atoms with E-state index >= 15 is 0 Å². The lowest BCUT2D eigenvalue weighted by Gasteiger charge is -2.27. The number of hydrogen-bond acceptors (Lipinski definition) is 1. The van der Waals surface area contributed by atoms with Crippen LogP contribution in [0.5, 0.6) is 5.75 Å². The molecule has 0 aliphatic carbocycles. The third kappa shape index (κ3) is 4.56. The molecule has 107 valence electrons. The first-order valence-electron chi connectivity index (χ1n) is 7.29. The lowest BCUT2D eigenvalue weighted by molar-refractivity contribution is 0.375. The van der Waals surface area contributed by atoms with Crippen LogP contribution in [0, 0.1) is 6.61 Å². The summed E-state index contributed by atoms with van der Waals surface area (Å²) in [5, 5.41) is 0. The van der Waals surface area contributed by atoms with Crippen molar-refractivity contribution in [2.24, 2.45) is 0 Å². The van der Waals surface area contributed by atoms with Crippen LogP contribution >= 0.6 is 0 Å². The van der Waals surface area contributed by atoms with Gasteiger partial charge in [0.1, 0.15) is 12.4 Å². The summed E-state index contributed by atoms with van der Waals surface area (Å²) in [4.78, 5) is 0. The van der Waals surface area contributed by atoms with Crippen molar-refractivity contribution < 1.29 is 4.74 Å². The van der Waals surface area contributed by atoms with Crippen molar-refractivity contribution >= 4 is 0 Å². The lowest BCUT2D eigenvalue weighted by atomic mass is 9.80. The molecule has 0 heterocycles. The van der Waals surface area contributed by atoms with E-state index in [4.69, 9.17) is 4.74 Å². The van der Waals surface area contributed by atoms with Gasteiger partial charge in [-0.05, 0) is 34.4 Å². The third-order valence-corrected chi connectivity index (χ3v) is 3.27. The molecular weight excluding hydrogens is 232 g/mol. The summed E-state index contributed by atoms with van der Waals surface area (Å²) in [5.74, 6) is 0.994. The van der Waals surface area contributed by atoms with Gasteiger partial charge in [0, 0.05) is 0 Å². The van der Waals surface area contributed by atoms with Crippen LogP contribution in [0.1, 0.15) is 72.4 Å². The van der Waals surface area contributed by atoms with Crippen molar-refractivity contribution in [3.05, 3.63) is 35.9 Å². The molecule has 0 aliphatic heterocycles. The van der Waals surface area contributed by atoms with Gasteiger partial charge in [0.15, 0.2) is 0 Å².